The minimum absolute atomic E-state index is 0.0771. The predicted octanol–water partition coefficient (Wildman–Crippen LogP) is 2.18. The van der Waals surface area contributed by atoms with E-state index >= 15 is 0 Å². The lowest BCUT2D eigenvalue weighted by atomic mass is 10.1. The second kappa shape index (κ2) is 10.2. The minimum atomic E-state index is -3.67. The molecule has 30 heavy (non-hydrogen) atoms. The van der Waals surface area contributed by atoms with Crippen LogP contribution in [0.25, 0.3) is 0 Å². The van der Waals surface area contributed by atoms with Gasteiger partial charge in [-0.05, 0) is 37.6 Å². The molecule has 1 amide bonds. The Morgan fingerprint density at radius 2 is 1.77 bits per heavy atom. The van der Waals surface area contributed by atoms with Crippen molar-refractivity contribution < 1.29 is 17.9 Å². The van der Waals surface area contributed by atoms with Crippen LogP contribution < -0.4 is 10.0 Å². The number of nitrogens with zero attached hydrogens (tertiary/aromatic N) is 1. The highest BCUT2D eigenvalue weighted by Gasteiger charge is 2.22. The molecule has 1 atom stereocenters. The van der Waals surface area contributed by atoms with E-state index in [9.17, 15) is 13.2 Å². The number of benzene rings is 2. The Morgan fingerprint density at radius 1 is 1.07 bits per heavy atom. The Hall–Kier alpha value is -2.26. The second-order valence-corrected chi connectivity index (χ2v) is 9.37. The number of amides is 1. The van der Waals surface area contributed by atoms with Gasteiger partial charge in [-0.3, -0.25) is 9.69 Å². The number of carbonyl (C=O) groups is 1. The zero-order valence-electron chi connectivity index (χ0n) is 17.4. The topological polar surface area (TPSA) is 87.7 Å². The number of nitrogens with one attached hydrogen (secondary N) is 2. The summed E-state index contributed by atoms with van der Waals surface area (Å²) in [4.78, 5) is 15.3. The zero-order valence-corrected chi connectivity index (χ0v) is 18.2. The predicted molar refractivity (Wildman–Crippen MR) is 116 cm³/mol. The molecule has 1 aliphatic heterocycles. The number of sulfonamides is 1. The van der Waals surface area contributed by atoms with Gasteiger partial charge >= 0.3 is 0 Å². The smallest absolute Gasteiger partial charge is 0.251 e. The van der Waals surface area contributed by atoms with Gasteiger partial charge in [0.2, 0.25) is 10.0 Å². The molecule has 1 heterocycles. The van der Waals surface area contributed by atoms with Crippen LogP contribution in [0.1, 0.15) is 35.8 Å². The highest BCUT2D eigenvalue weighted by Crippen LogP contribution is 2.18. The Labute approximate surface area is 178 Å². The molecule has 0 aliphatic carbocycles. The zero-order chi connectivity index (χ0) is 21.6. The fraction of sp³-hybridized carbons (Fsp3) is 0.409. The summed E-state index contributed by atoms with van der Waals surface area (Å²) in [5.41, 5.74) is 1.31. The van der Waals surface area contributed by atoms with Crippen LogP contribution in [0.3, 0.4) is 0 Å². The van der Waals surface area contributed by atoms with Gasteiger partial charge < -0.3 is 10.1 Å². The van der Waals surface area contributed by atoms with Crippen LogP contribution >= 0.6 is 0 Å². The summed E-state index contributed by atoms with van der Waals surface area (Å²) in [6, 6.07) is 15.5. The minimum Gasteiger partial charge on any atom is -0.379 e. The fourth-order valence-corrected chi connectivity index (χ4v) is 4.68. The fourth-order valence-electron chi connectivity index (χ4n) is 3.39. The van der Waals surface area contributed by atoms with E-state index in [1.165, 1.54) is 12.1 Å². The monoisotopic (exact) mass is 431 g/mol. The summed E-state index contributed by atoms with van der Waals surface area (Å²) < 4.78 is 32.9. The SMILES string of the molecule is CC(C)NS(=O)(=O)c1cccc(C(=O)NC(CN2CCOCC2)c2ccccc2)c1. The van der Waals surface area contributed by atoms with Gasteiger partial charge in [0.25, 0.3) is 5.91 Å². The van der Waals surface area contributed by atoms with Crippen molar-refractivity contribution in [3.63, 3.8) is 0 Å². The highest BCUT2D eigenvalue weighted by molar-refractivity contribution is 7.89. The van der Waals surface area contributed by atoms with Crippen molar-refractivity contribution in [1.82, 2.24) is 14.9 Å². The van der Waals surface area contributed by atoms with Gasteiger partial charge in [0.05, 0.1) is 24.2 Å². The first-order valence-corrected chi connectivity index (χ1v) is 11.6. The molecule has 1 aliphatic rings. The van der Waals surface area contributed by atoms with Crippen LogP contribution in [-0.4, -0.2) is 58.1 Å². The molecule has 8 heteroatoms. The van der Waals surface area contributed by atoms with Crippen LogP contribution in [0, 0.1) is 0 Å². The van der Waals surface area contributed by atoms with Gasteiger partial charge in [-0.1, -0.05) is 36.4 Å². The largest absolute Gasteiger partial charge is 0.379 e. The van der Waals surface area contributed by atoms with Crippen molar-refractivity contribution >= 4 is 15.9 Å². The van der Waals surface area contributed by atoms with Crippen molar-refractivity contribution in [2.45, 2.75) is 30.8 Å². The molecule has 2 aromatic rings. The van der Waals surface area contributed by atoms with Gasteiger partial charge in [-0.25, -0.2) is 13.1 Å². The number of rotatable bonds is 8. The molecule has 0 radical (unpaired) electrons. The summed E-state index contributed by atoms with van der Waals surface area (Å²) >= 11 is 0. The van der Waals surface area contributed by atoms with E-state index in [0.717, 1.165) is 18.7 Å². The van der Waals surface area contributed by atoms with E-state index in [2.05, 4.69) is 14.9 Å². The average molecular weight is 432 g/mol. The maximum atomic E-state index is 13.0. The van der Waals surface area contributed by atoms with E-state index in [1.54, 1.807) is 26.0 Å². The van der Waals surface area contributed by atoms with Gasteiger partial charge in [0, 0.05) is 31.2 Å². The van der Waals surface area contributed by atoms with Crippen LogP contribution in [-0.2, 0) is 14.8 Å². The normalized spacial score (nSPS) is 16.4. The summed E-state index contributed by atoms with van der Waals surface area (Å²) in [5, 5.41) is 3.08. The summed E-state index contributed by atoms with van der Waals surface area (Å²) in [6.45, 7) is 7.15. The highest BCUT2D eigenvalue weighted by atomic mass is 32.2. The number of carbonyl (C=O) groups excluding carboxylic acids is 1. The molecule has 1 saturated heterocycles. The molecule has 2 aromatic carbocycles. The molecule has 0 spiro atoms. The molecule has 7 nitrogen and oxygen atoms in total. The van der Waals surface area contributed by atoms with Crippen molar-refractivity contribution in [1.29, 1.82) is 0 Å². The van der Waals surface area contributed by atoms with E-state index in [-0.39, 0.29) is 22.9 Å². The average Bonchev–Trinajstić information content (AvgIpc) is 2.74. The van der Waals surface area contributed by atoms with E-state index in [4.69, 9.17) is 4.74 Å². The van der Waals surface area contributed by atoms with Gasteiger partial charge in [0.1, 0.15) is 0 Å². The lowest BCUT2D eigenvalue weighted by molar-refractivity contribution is 0.0332. The van der Waals surface area contributed by atoms with Gasteiger partial charge in [-0.2, -0.15) is 0 Å². The first kappa shape index (κ1) is 22.4. The third-order valence-corrected chi connectivity index (χ3v) is 6.51. The van der Waals surface area contributed by atoms with E-state index < -0.39 is 10.0 Å². The first-order valence-electron chi connectivity index (χ1n) is 10.1. The van der Waals surface area contributed by atoms with Crippen LogP contribution in [0.15, 0.2) is 59.5 Å². The van der Waals surface area contributed by atoms with Crippen molar-refractivity contribution in [3.8, 4) is 0 Å². The molecule has 0 aromatic heterocycles. The quantitative estimate of drug-likeness (QED) is 0.669. The lowest BCUT2D eigenvalue weighted by Crippen LogP contribution is -2.43. The molecule has 1 fully saturated rings. The van der Waals surface area contributed by atoms with E-state index in [1.807, 2.05) is 30.3 Å². The van der Waals surface area contributed by atoms with Gasteiger partial charge in [0.15, 0.2) is 0 Å². The standard InChI is InChI=1S/C22H29N3O4S/c1-17(2)24-30(27,28)20-10-6-9-19(15-20)22(26)23-21(18-7-4-3-5-8-18)16-25-11-13-29-14-12-25/h3-10,15,17,21,24H,11-14,16H2,1-2H3,(H,23,26). The Bertz CT molecular complexity index is 942. The summed E-state index contributed by atoms with van der Waals surface area (Å²) in [7, 11) is -3.67. The van der Waals surface area contributed by atoms with Crippen molar-refractivity contribution in [3.05, 3.63) is 65.7 Å². The molecule has 3 rings (SSSR count). The van der Waals surface area contributed by atoms with Crippen LogP contribution in [0.2, 0.25) is 0 Å². The van der Waals surface area contributed by atoms with Crippen molar-refractivity contribution in [2.24, 2.45) is 0 Å². The maximum absolute atomic E-state index is 13.0. The molecule has 162 valence electrons. The van der Waals surface area contributed by atoms with Crippen molar-refractivity contribution in [2.75, 3.05) is 32.8 Å². The Balaban J connectivity index is 1.79. The number of morpholine rings is 1. The molecular formula is C22H29N3O4S. The van der Waals surface area contributed by atoms with Crippen LogP contribution in [0.4, 0.5) is 0 Å². The molecule has 0 saturated carbocycles. The maximum Gasteiger partial charge on any atom is 0.251 e. The molecule has 0 bridgehead atoms. The third-order valence-electron chi connectivity index (χ3n) is 4.85. The number of hydrogen-bond acceptors (Lipinski definition) is 5. The Morgan fingerprint density at radius 3 is 2.43 bits per heavy atom. The lowest BCUT2D eigenvalue weighted by Gasteiger charge is -2.31. The molecular weight excluding hydrogens is 402 g/mol. The number of hydrogen-bond donors (Lipinski definition) is 2. The third kappa shape index (κ3) is 6.12. The van der Waals surface area contributed by atoms with E-state index in [0.29, 0.717) is 25.3 Å². The molecule has 1 unspecified atom stereocenters. The summed E-state index contributed by atoms with van der Waals surface area (Å²) in [5.74, 6) is -0.307. The number of ether oxygens (including phenoxy) is 1. The van der Waals surface area contributed by atoms with Gasteiger partial charge in [-0.15, -0.1) is 0 Å². The first-order chi connectivity index (χ1) is 14.3. The van der Waals surface area contributed by atoms with Crippen LogP contribution in [0.5, 0.6) is 0 Å². The Kier molecular flexibility index (Phi) is 7.60. The summed E-state index contributed by atoms with van der Waals surface area (Å²) in [6.07, 6.45) is 0. The second-order valence-electron chi connectivity index (χ2n) is 7.65. The molecule has 2 N–H and O–H groups in total.